The first-order valence-corrected chi connectivity index (χ1v) is 4.90. The summed E-state index contributed by atoms with van der Waals surface area (Å²) in [6, 6.07) is 1.93. The van der Waals surface area contributed by atoms with Crippen LogP contribution in [-0.4, -0.2) is 11.5 Å². The molecule has 1 heterocycles. The molecule has 0 bridgehead atoms. The maximum atomic E-state index is 5.14. The summed E-state index contributed by atoms with van der Waals surface area (Å²) in [5.41, 5.74) is 1.06. The molecule has 0 atom stereocenters. The van der Waals surface area contributed by atoms with Gasteiger partial charge in [-0.25, -0.2) is 0 Å². The van der Waals surface area contributed by atoms with Crippen LogP contribution in [0.4, 0.5) is 5.69 Å². The normalized spacial score (nSPS) is 9.23. The van der Waals surface area contributed by atoms with Gasteiger partial charge in [-0.05, 0) is 28.4 Å². The highest BCUT2D eigenvalue weighted by atomic mass is 79.9. The summed E-state index contributed by atoms with van der Waals surface area (Å²) < 4.78 is 0.982. The van der Waals surface area contributed by atoms with E-state index < -0.39 is 0 Å². The van der Waals surface area contributed by atoms with Crippen LogP contribution in [0.15, 0.2) is 22.9 Å². The van der Waals surface area contributed by atoms with E-state index in [0.717, 1.165) is 29.5 Å². The Bertz CT molecular complexity index is 304. The van der Waals surface area contributed by atoms with Gasteiger partial charge in [0.1, 0.15) is 0 Å². The molecule has 0 aliphatic rings. The summed E-state index contributed by atoms with van der Waals surface area (Å²) in [4.78, 5) is 3.97. The molecule has 13 heavy (non-hydrogen) atoms. The second-order valence-electron chi connectivity index (χ2n) is 2.59. The van der Waals surface area contributed by atoms with Crippen molar-refractivity contribution in [1.82, 2.24) is 4.98 Å². The fourth-order valence-corrected chi connectivity index (χ4v) is 1.32. The zero-order valence-corrected chi connectivity index (χ0v) is 8.84. The maximum Gasteiger partial charge on any atom is 0.0590 e. The molecule has 0 aliphatic carbocycles. The fourth-order valence-electron chi connectivity index (χ4n) is 0.932. The Hall–Kier alpha value is -1.01. The molecule has 0 unspecified atom stereocenters. The summed E-state index contributed by atoms with van der Waals surface area (Å²) in [6.45, 7) is 0.896. The van der Waals surface area contributed by atoms with Crippen molar-refractivity contribution in [2.45, 2.75) is 12.8 Å². The van der Waals surface area contributed by atoms with E-state index >= 15 is 0 Å². The molecule has 1 aromatic rings. The molecule has 1 aromatic heterocycles. The molecule has 0 radical (unpaired) electrons. The largest absolute Gasteiger partial charge is 0.384 e. The molecular weight excluding hydrogens is 228 g/mol. The first-order chi connectivity index (χ1) is 6.34. The molecule has 0 fully saturated rings. The number of hydrogen-bond donors (Lipinski definition) is 1. The minimum absolute atomic E-state index is 0.815. The van der Waals surface area contributed by atoms with Gasteiger partial charge < -0.3 is 5.32 Å². The second kappa shape index (κ2) is 5.60. The van der Waals surface area contributed by atoms with E-state index in [1.807, 2.05) is 6.07 Å². The number of nitrogens with zero attached hydrogens (tertiary/aromatic N) is 1. The van der Waals surface area contributed by atoms with Gasteiger partial charge in [0, 0.05) is 25.4 Å². The van der Waals surface area contributed by atoms with Gasteiger partial charge in [-0.1, -0.05) is 0 Å². The minimum atomic E-state index is 0.815. The number of unbranched alkanes of at least 4 members (excludes halogenated alkanes) is 1. The lowest BCUT2D eigenvalue weighted by atomic mass is 10.3. The van der Waals surface area contributed by atoms with Crippen LogP contribution in [0.1, 0.15) is 12.8 Å². The van der Waals surface area contributed by atoms with Gasteiger partial charge in [-0.15, -0.1) is 12.3 Å². The standard InChI is InChI=1S/C10H11BrN2/c1-2-3-4-6-13-10-5-7-12-8-9(10)11/h1,5,7-8H,3-4,6H2,(H,12,13). The number of anilines is 1. The SMILES string of the molecule is C#CCCCNc1ccncc1Br. The van der Waals surface area contributed by atoms with Crippen molar-refractivity contribution in [3.8, 4) is 12.3 Å². The predicted octanol–water partition coefficient (Wildman–Crippen LogP) is 2.67. The van der Waals surface area contributed by atoms with E-state index in [4.69, 9.17) is 6.42 Å². The molecule has 0 amide bonds. The quantitative estimate of drug-likeness (QED) is 0.645. The summed E-state index contributed by atoms with van der Waals surface area (Å²) >= 11 is 3.40. The van der Waals surface area contributed by atoms with E-state index in [1.165, 1.54) is 0 Å². The van der Waals surface area contributed by atoms with Crippen molar-refractivity contribution in [3.63, 3.8) is 0 Å². The third-order valence-corrected chi connectivity index (χ3v) is 2.22. The minimum Gasteiger partial charge on any atom is -0.384 e. The van der Waals surface area contributed by atoms with Crippen LogP contribution in [0.3, 0.4) is 0 Å². The molecule has 0 saturated carbocycles. The Morgan fingerprint density at radius 3 is 3.15 bits per heavy atom. The van der Waals surface area contributed by atoms with E-state index in [2.05, 4.69) is 32.2 Å². The number of aromatic nitrogens is 1. The van der Waals surface area contributed by atoms with Gasteiger partial charge in [0.2, 0.25) is 0 Å². The van der Waals surface area contributed by atoms with E-state index in [1.54, 1.807) is 12.4 Å². The summed E-state index contributed by atoms with van der Waals surface area (Å²) in [7, 11) is 0. The Morgan fingerprint density at radius 2 is 2.46 bits per heavy atom. The number of halogens is 1. The van der Waals surface area contributed by atoms with E-state index in [-0.39, 0.29) is 0 Å². The molecular formula is C10H11BrN2. The second-order valence-corrected chi connectivity index (χ2v) is 3.44. The van der Waals surface area contributed by atoms with Crippen LogP contribution in [0.2, 0.25) is 0 Å². The van der Waals surface area contributed by atoms with Crippen molar-refractivity contribution < 1.29 is 0 Å². The van der Waals surface area contributed by atoms with Crippen LogP contribution in [0.25, 0.3) is 0 Å². The summed E-state index contributed by atoms with van der Waals surface area (Å²) in [6.07, 6.45) is 10.5. The van der Waals surface area contributed by atoms with Crippen molar-refractivity contribution in [2.75, 3.05) is 11.9 Å². The van der Waals surface area contributed by atoms with Gasteiger partial charge in [-0.3, -0.25) is 4.98 Å². The Balaban J connectivity index is 2.37. The summed E-state index contributed by atoms with van der Waals surface area (Å²) in [5.74, 6) is 2.60. The molecule has 68 valence electrons. The van der Waals surface area contributed by atoms with Crippen molar-refractivity contribution in [1.29, 1.82) is 0 Å². The smallest absolute Gasteiger partial charge is 0.0590 e. The van der Waals surface area contributed by atoms with Crippen LogP contribution in [-0.2, 0) is 0 Å². The zero-order valence-electron chi connectivity index (χ0n) is 7.26. The molecule has 0 saturated heterocycles. The highest BCUT2D eigenvalue weighted by molar-refractivity contribution is 9.10. The first-order valence-electron chi connectivity index (χ1n) is 4.11. The number of hydrogen-bond acceptors (Lipinski definition) is 2. The van der Waals surface area contributed by atoms with E-state index in [9.17, 15) is 0 Å². The number of terminal acetylenes is 1. The van der Waals surface area contributed by atoms with Gasteiger partial charge in [0.25, 0.3) is 0 Å². The molecule has 0 aliphatic heterocycles. The lowest BCUT2D eigenvalue weighted by Gasteiger charge is -2.05. The van der Waals surface area contributed by atoms with Gasteiger partial charge in [-0.2, -0.15) is 0 Å². The first kappa shape index (κ1) is 10.1. The van der Waals surface area contributed by atoms with Gasteiger partial charge >= 0.3 is 0 Å². The highest BCUT2D eigenvalue weighted by Crippen LogP contribution is 2.19. The fraction of sp³-hybridized carbons (Fsp3) is 0.300. The van der Waals surface area contributed by atoms with Crippen molar-refractivity contribution >= 4 is 21.6 Å². The average molecular weight is 239 g/mol. The predicted molar refractivity (Wildman–Crippen MR) is 58.5 cm³/mol. The van der Waals surface area contributed by atoms with Gasteiger partial charge in [0.05, 0.1) is 10.2 Å². The molecule has 0 spiro atoms. The number of nitrogens with one attached hydrogen (secondary N) is 1. The highest BCUT2D eigenvalue weighted by Gasteiger charge is 1.95. The Labute approximate surface area is 86.9 Å². The lowest BCUT2D eigenvalue weighted by Crippen LogP contribution is -2.01. The molecule has 2 nitrogen and oxygen atoms in total. The number of pyridine rings is 1. The topological polar surface area (TPSA) is 24.9 Å². The van der Waals surface area contributed by atoms with Crippen LogP contribution in [0.5, 0.6) is 0 Å². The summed E-state index contributed by atoms with van der Waals surface area (Å²) in [5, 5.41) is 3.27. The van der Waals surface area contributed by atoms with Gasteiger partial charge in [0.15, 0.2) is 0 Å². The molecule has 1 rings (SSSR count). The van der Waals surface area contributed by atoms with Crippen LogP contribution in [0, 0.1) is 12.3 Å². The average Bonchev–Trinajstić information content (AvgIpc) is 2.15. The third-order valence-electron chi connectivity index (χ3n) is 1.59. The maximum absolute atomic E-state index is 5.14. The Kier molecular flexibility index (Phi) is 4.34. The zero-order chi connectivity index (χ0) is 9.52. The monoisotopic (exact) mass is 238 g/mol. The molecule has 3 heteroatoms. The lowest BCUT2D eigenvalue weighted by molar-refractivity contribution is 0.906. The molecule has 1 N–H and O–H groups in total. The molecule has 0 aromatic carbocycles. The number of rotatable bonds is 4. The van der Waals surface area contributed by atoms with Crippen molar-refractivity contribution in [2.24, 2.45) is 0 Å². The third kappa shape index (κ3) is 3.47. The Morgan fingerprint density at radius 1 is 1.62 bits per heavy atom. The van der Waals surface area contributed by atoms with E-state index in [0.29, 0.717) is 0 Å². The van der Waals surface area contributed by atoms with Crippen molar-refractivity contribution in [3.05, 3.63) is 22.9 Å². The van der Waals surface area contributed by atoms with Crippen LogP contribution >= 0.6 is 15.9 Å². The van der Waals surface area contributed by atoms with Crippen LogP contribution < -0.4 is 5.32 Å².